The summed E-state index contributed by atoms with van der Waals surface area (Å²) in [7, 11) is 0. The molecule has 0 unspecified atom stereocenters. The first-order valence-electron chi connectivity index (χ1n) is 6.90. The maximum atomic E-state index is 12.1. The van der Waals surface area contributed by atoms with Crippen LogP contribution >= 0.6 is 12.2 Å². The molecule has 23 heavy (non-hydrogen) atoms. The molecule has 0 atom stereocenters. The van der Waals surface area contributed by atoms with Gasteiger partial charge in [0.25, 0.3) is 11.6 Å². The van der Waals surface area contributed by atoms with Crippen molar-refractivity contribution in [3.8, 4) is 0 Å². The molecular weight excluding hydrogens is 320 g/mol. The first-order chi connectivity index (χ1) is 10.9. The lowest BCUT2D eigenvalue weighted by atomic mass is 10.1. The van der Waals surface area contributed by atoms with E-state index in [1.54, 1.807) is 0 Å². The number of nitrogens with zero attached hydrogens (tertiary/aromatic N) is 3. The van der Waals surface area contributed by atoms with Gasteiger partial charge in [0, 0.05) is 31.1 Å². The van der Waals surface area contributed by atoms with E-state index < -0.39 is 10.8 Å². The number of nitrogen functional groups attached to an aromatic ring is 1. The lowest BCUT2D eigenvalue weighted by molar-refractivity contribution is -0.383. The molecule has 2 aromatic rings. The van der Waals surface area contributed by atoms with Gasteiger partial charge in [-0.25, -0.2) is 0 Å². The maximum Gasteiger partial charge on any atom is 0.292 e. The number of anilines is 1. The summed E-state index contributed by atoms with van der Waals surface area (Å²) in [6, 6.07) is 3.95. The van der Waals surface area contributed by atoms with E-state index in [1.807, 2.05) is 11.5 Å². The molecule has 0 radical (unpaired) electrons. The Morgan fingerprint density at radius 1 is 1.57 bits per heavy atom. The number of hydrogen-bond donors (Lipinski definition) is 3. The summed E-state index contributed by atoms with van der Waals surface area (Å²) in [5.41, 5.74) is 5.42. The Hall–Kier alpha value is -2.75. The molecule has 1 aromatic heterocycles. The summed E-state index contributed by atoms with van der Waals surface area (Å²) in [6.07, 6.45) is 0.490. The predicted octanol–water partition coefficient (Wildman–Crippen LogP) is 1.42. The van der Waals surface area contributed by atoms with Crippen molar-refractivity contribution < 1.29 is 9.72 Å². The van der Waals surface area contributed by atoms with Gasteiger partial charge in [-0.15, -0.1) is 0 Å². The van der Waals surface area contributed by atoms with Crippen LogP contribution in [0.15, 0.2) is 18.2 Å². The number of carbonyl (C=O) groups excluding carboxylic acids is 1. The lowest BCUT2D eigenvalue weighted by Crippen LogP contribution is -2.26. The van der Waals surface area contributed by atoms with E-state index in [0.717, 1.165) is 11.9 Å². The molecule has 0 saturated carbocycles. The number of benzene rings is 1. The molecule has 1 amide bonds. The number of nitrogens with two attached hydrogens (primary N) is 1. The summed E-state index contributed by atoms with van der Waals surface area (Å²) in [4.78, 5) is 22.3. The van der Waals surface area contributed by atoms with Crippen molar-refractivity contribution in [3.05, 3.63) is 44.5 Å². The van der Waals surface area contributed by atoms with E-state index in [4.69, 9.17) is 18.0 Å². The smallest absolute Gasteiger partial charge is 0.292 e. The van der Waals surface area contributed by atoms with Crippen molar-refractivity contribution in [1.29, 1.82) is 0 Å². The summed E-state index contributed by atoms with van der Waals surface area (Å²) in [5, 5.41) is 20.3. The van der Waals surface area contributed by atoms with Gasteiger partial charge in [-0.1, -0.05) is 0 Å². The third kappa shape index (κ3) is 3.72. The van der Waals surface area contributed by atoms with Gasteiger partial charge in [0.15, 0.2) is 4.77 Å². The fraction of sp³-hybridized carbons (Fsp3) is 0.308. The Kier molecular flexibility index (Phi) is 5.06. The van der Waals surface area contributed by atoms with Crippen LogP contribution in [0.5, 0.6) is 0 Å². The Morgan fingerprint density at radius 3 is 2.96 bits per heavy atom. The summed E-state index contributed by atoms with van der Waals surface area (Å²) in [6.45, 7) is 2.96. The van der Waals surface area contributed by atoms with E-state index in [0.29, 0.717) is 24.3 Å². The second kappa shape index (κ2) is 7.01. The van der Waals surface area contributed by atoms with E-state index >= 15 is 0 Å². The first kappa shape index (κ1) is 16.6. The molecule has 0 aliphatic carbocycles. The van der Waals surface area contributed by atoms with Crippen LogP contribution < -0.4 is 11.1 Å². The number of aromatic amines is 1. The van der Waals surface area contributed by atoms with Gasteiger partial charge in [0.2, 0.25) is 0 Å². The lowest BCUT2D eigenvalue weighted by Gasteiger charge is -2.06. The molecule has 122 valence electrons. The van der Waals surface area contributed by atoms with Crippen LogP contribution in [0, 0.1) is 14.9 Å². The van der Waals surface area contributed by atoms with Gasteiger partial charge in [0.1, 0.15) is 11.5 Å². The predicted molar refractivity (Wildman–Crippen MR) is 86.6 cm³/mol. The minimum absolute atomic E-state index is 0.0186. The van der Waals surface area contributed by atoms with Crippen LogP contribution in [0.1, 0.15) is 23.1 Å². The van der Waals surface area contributed by atoms with Crippen LogP contribution in [-0.2, 0) is 13.0 Å². The van der Waals surface area contributed by atoms with Crippen LogP contribution in [0.25, 0.3) is 0 Å². The number of nitrogens with one attached hydrogen (secondary N) is 2. The highest BCUT2D eigenvalue weighted by Gasteiger charge is 2.15. The molecule has 1 heterocycles. The monoisotopic (exact) mass is 336 g/mol. The molecule has 0 fully saturated rings. The Morgan fingerprint density at radius 2 is 2.30 bits per heavy atom. The van der Waals surface area contributed by atoms with E-state index in [-0.39, 0.29) is 16.9 Å². The minimum atomic E-state index is -0.620. The molecule has 2 rings (SSSR count). The van der Waals surface area contributed by atoms with Crippen LogP contribution in [-0.4, -0.2) is 32.1 Å². The highest BCUT2D eigenvalue weighted by atomic mass is 32.1. The molecule has 1 aromatic carbocycles. The zero-order valence-electron chi connectivity index (χ0n) is 12.4. The van der Waals surface area contributed by atoms with Gasteiger partial charge in [0.05, 0.1) is 4.92 Å². The second-order valence-corrected chi connectivity index (χ2v) is 5.11. The number of nitro groups is 1. The quantitative estimate of drug-likeness (QED) is 0.316. The van der Waals surface area contributed by atoms with E-state index in [2.05, 4.69) is 15.5 Å². The van der Waals surface area contributed by atoms with Gasteiger partial charge in [-0.3, -0.25) is 20.0 Å². The average Bonchev–Trinajstić information content (AvgIpc) is 2.87. The van der Waals surface area contributed by atoms with Gasteiger partial charge < -0.3 is 15.6 Å². The Balaban J connectivity index is 2.01. The number of hydrogen-bond acceptors (Lipinski definition) is 6. The second-order valence-electron chi connectivity index (χ2n) is 4.73. The maximum absolute atomic E-state index is 12.1. The highest BCUT2D eigenvalue weighted by molar-refractivity contribution is 7.71. The molecule has 0 bridgehead atoms. The van der Waals surface area contributed by atoms with Crippen LogP contribution in [0.2, 0.25) is 0 Å². The summed E-state index contributed by atoms with van der Waals surface area (Å²) in [5.74, 6) is 0.325. The Bertz CT molecular complexity index is 797. The zero-order chi connectivity index (χ0) is 17.0. The number of amides is 1. The largest absolute Gasteiger partial charge is 0.393 e. The average molecular weight is 336 g/mol. The summed E-state index contributed by atoms with van der Waals surface area (Å²) >= 11 is 5.08. The molecule has 0 aliphatic heterocycles. The first-order valence-corrected chi connectivity index (χ1v) is 7.31. The van der Waals surface area contributed by atoms with Gasteiger partial charge in [-0.05, 0) is 31.3 Å². The van der Waals surface area contributed by atoms with Crippen molar-refractivity contribution in [2.75, 3.05) is 12.3 Å². The summed E-state index contributed by atoms with van der Waals surface area (Å²) < 4.78 is 2.36. The number of H-pyrrole nitrogens is 1. The Labute approximate surface area is 136 Å². The third-order valence-corrected chi connectivity index (χ3v) is 3.59. The van der Waals surface area contributed by atoms with Crippen molar-refractivity contribution in [3.63, 3.8) is 0 Å². The van der Waals surface area contributed by atoms with Crippen molar-refractivity contribution in [1.82, 2.24) is 20.1 Å². The molecule has 0 spiro atoms. The van der Waals surface area contributed by atoms with Crippen LogP contribution in [0.4, 0.5) is 11.4 Å². The van der Waals surface area contributed by atoms with Gasteiger partial charge in [-0.2, -0.15) is 5.10 Å². The van der Waals surface area contributed by atoms with Crippen molar-refractivity contribution >= 4 is 29.5 Å². The standard InChI is InChI=1S/C13H16N6O3S/c1-2-18-11(16-17-13(18)23)5-6-15-12(20)8-3-4-9(14)10(7-8)19(21)22/h3-4,7H,2,5-6,14H2,1H3,(H,15,20)(H,17,23). The molecule has 10 heteroatoms. The fourth-order valence-corrected chi connectivity index (χ4v) is 2.38. The number of rotatable bonds is 6. The highest BCUT2D eigenvalue weighted by Crippen LogP contribution is 2.22. The van der Waals surface area contributed by atoms with Crippen molar-refractivity contribution in [2.45, 2.75) is 19.9 Å². The van der Waals surface area contributed by atoms with E-state index in [9.17, 15) is 14.9 Å². The van der Waals surface area contributed by atoms with E-state index in [1.165, 1.54) is 12.1 Å². The normalized spacial score (nSPS) is 10.5. The molecule has 9 nitrogen and oxygen atoms in total. The SMILES string of the molecule is CCn1c(CCNC(=O)c2ccc(N)c([N+](=O)[O-])c2)n[nH]c1=S. The fourth-order valence-electron chi connectivity index (χ4n) is 2.10. The molecule has 4 N–H and O–H groups in total. The number of aromatic nitrogens is 3. The molecule has 0 saturated heterocycles. The number of carbonyl (C=O) groups is 1. The van der Waals surface area contributed by atoms with Crippen LogP contribution in [0.3, 0.4) is 0 Å². The number of nitro benzene ring substituents is 1. The topological polar surface area (TPSA) is 132 Å². The zero-order valence-corrected chi connectivity index (χ0v) is 13.2. The molecule has 0 aliphatic rings. The minimum Gasteiger partial charge on any atom is -0.393 e. The third-order valence-electron chi connectivity index (χ3n) is 3.28. The van der Waals surface area contributed by atoms with Crippen molar-refractivity contribution in [2.24, 2.45) is 0 Å². The molecular formula is C13H16N6O3S. The van der Waals surface area contributed by atoms with Gasteiger partial charge >= 0.3 is 0 Å².